The van der Waals surface area contributed by atoms with Gasteiger partial charge in [0.15, 0.2) is 6.10 Å². The lowest BCUT2D eigenvalue weighted by Crippen LogP contribution is -2.49. The van der Waals surface area contributed by atoms with E-state index in [0.29, 0.717) is 24.4 Å². The number of fused-ring (bicyclic) bond motifs is 1. The zero-order valence-corrected chi connectivity index (χ0v) is 12.8. The van der Waals surface area contributed by atoms with Gasteiger partial charge in [-0.25, -0.2) is 0 Å². The molecule has 7 heteroatoms. The lowest BCUT2D eigenvalue weighted by atomic mass is 10.1. The molecule has 2 aliphatic rings. The molecule has 0 bridgehead atoms. The van der Waals surface area contributed by atoms with Gasteiger partial charge in [-0.05, 0) is 25.5 Å². The first kappa shape index (κ1) is 15.3. The van der Waals surface area contributed by atoms with Crippen LogP contribution in [0, 0.1) is 5.92 Å². The van der Waals surface area contributed by atoms with Gasteiger partial charge in [-0.1, -0.05) is 12.1 Å². The normalized spacial score (nSPS) is 23.4. The zero-order valence-electron chi connectivity index (χ0n) is 12.8. The van der Waals surface area contributed by atoms with Crippen molar-refractivity contribution in [1.29, 1.82) is 0 Å². The number of likely N-dealkylation sites (tertiary alicyclic amines) is 1. The Morgan fingerprint density at radius 2 is 2.09 bits per heavy atom. The van der Waals surface area contributed by atoms with Gasteiger partial charge in [-0.15, -0.1) is 0 Å². The maximum absolute atomic E-state index is 12.4. The summed E-state index contributed by atoms with van der Waals surface area (Å²) in [5.41, 5.74) is 0.568. The summed E-state index contributed by atoms with van der Waals surface area (Å²) in [4.78, 5) is 38.7. The number of rotatable bonds is 3. The number of anilines is 1. The van der Waals surface area contributed by atoms with Crippen molar-refractivity contribution in [2.24, 2.45) is 5.92 Å². The smallest absolute Gasteiger partial charge is 0.308 e. The number of carboxylic acid groups (broad SMARTS) is 1. The second kappa shape index (κ2) is 5.91. The number of ether oxygens (including phenoxy) is 1. The van der Waals surface area contributed by atoms with Gasteiger partial charge in [0.2, 0.25) is 5.91 Å². The van der Waals surface area contributed by atoms with Crippen molar-refractivity contribution in [3.63, 3.8) is 0 Å². The molecule has 7 nitrogen and oxygen atoms in total. The quantitative estimate of drug-likeness (QED) is 0.888. The summed E-state index contributed by atoms with van der Waals surface area (Å²) in [6.07, 6.45) is -0.200. The van der Waals surface area contributed by atoms with Gasteiger partial charge in [0.1, 0.15) is 12.3 Å². The molecule has 2 aliphatic heterocycles. The molecule has 2 atom stereocenters. The molecule has 23 heavy (non-hydrogen) atoms. The fourth-order valence-electron chi connectivity index (χ4n) is 2.95. The number of nitrogens with zero attached hydrogens (tertiary/aromatic N) is 2. The molecule has 1 saturated heterocycles. The molecule has 0 radical (unpaired) electrons. The van der Waals surface area contributed by atoms with Crippen LogP contribution in [0.1, 0.15) is 13.3 Å². The number of benzene rings is 1. The van der Waals surface area contributed by atoms with Gasteiger partial charge in [0, 0.05) is 13.1 Å². The van der Waals surface area contributed by atoms with Gasteiger partial charge in [0.25, 0.3) is 5.91 Å². The Labute approximate surface area is 133 Å². The second-order valence-corrected chi connectivity index (χ2v) is 5.82. The van der Waals surface area contributed by atoms with Crippen LogP contribution in [0.3, 0.4) is 0 Å². The van der Waals surface area contributed by atoms with Crippen LogP contribution in [-0.2, 0) is 14.4 Å². The van der Waals surface area contributed by atoms with Crippen LogP contribution in [-0.4, -0.2) is 53.5 Å². The molecule has 1 aromatic carbocycles. The van der Waals surface area contributed by atoms with E-state index in [1.54, 1.807) is 31.2 Å². The first-order chi connectivity index (χ1) is 11.0. The van der Waals surface area contributed by atoms with Crippen LogP contribution in [0.5, 0.6) is 5.75 Å². The van der Waals surface area contributed by atoms with E-state index in [9.17, 15) is 14.4 Å². The van der Waals surface area contributed by atoms with E-state index in [4.69, 9.17) is 9.84 Å². The van der Waals surface area contributed by atoms with Crippen molar-refractivity contribution in [3.8, 4) is 5.75 Å². The highest BCUT2D eigenvalue weighted by atomic mass is 16.5. The number of para-hydroxylation sites is 2. The third-order valence-electron chi connectivity index (χ3n) is 4.26. The van der Waals surface area contributed by atoms with Gasteiger partial charge in [-0.3, -0.25) is 19.3 Å². The SMILES string of the molecule is C[C@H]1Oc2ccccc2N(CC(=O)N2CC[C@@H](C(=O)O)C2)C1=O. The number of hydrogen-bond acceptors (Lipinski definition) is 4. The minimum atomic E-state index is -0.887. The van der Waals surface area contributed by atoms with E-state index >= 15 is 0 Å². The Bertz CT molecular complexity index is 660. The molecule has 0 unspecified atom stereocenters. The topological polar surface area (TPSA) is 87.2 Å². The van der Waals surface area contributed by atoms with Gasteiger partial charge in [-0.2, -0.15) is 0 Å². The molecule has 0 spiro atoms. The Hall–Kier alpha value is -2.57. The summed E-state index contributed by atoms with van der Waals surface area (Å²) in [6, 6.07) is 7.07. The van der Waals surface area contributed by atoms with E-state index < -0.39 is 18.0 Å². The zero-order chi connectivity index (χ0) is 16.6. The highest BCUT2D eigenvalue weighted by Gasteiger charge is 2.36. The van der Waals surface area contributed by atoms with Crippen LogP contribution in [0.15, 0.2) is 24.3 Å². The number of carbonyl (C=O) groups excluding carboxylic acids is 2. The van der Waals surface area contributed by atoms with E-state index in [2.05, 4.69) is 0 Å². The summed E-state index contributed by atoms with van der Waals surface area (Å²) >= 11 is 0. The van der Waals surface area contributed by atoms with Gasteiger partial charge >= 0.3 is 5.97 Å². The predicted molar refractivity (Wildman–Crippen MR) is 81.2 cm³/mol. The third kappa shape index (κ3) is 2.86. The largest absolute Gasteiger partial charge is 0.481 e. The van der Waals surface area contributed by atoms with Gasteiger partial charge in [0.05, 0.1) is 11.6 Å². The second-order valence-electron chi connectivity index (χ2n) is 5.82. The van der Waals surface area contributed by atoms with E-state index in [0.717, 1.165) is 0 Å². The summed E-state index contributed by atoms with van der Waals surface area (Å²) in [7, 11) is 0. The van der Waals surface area contributed by atoms with Crippen LogP contribution in [0.4, 0.5) is 5.69 Å². The first-order valence-corrected chi connectivity index (χ1v) is 7.55. The average Bonchev–Trinajstić information content (AvgIpc) is 3.02. The number of amides is 2. The third-order valence-corrected chi connectivity index (χ3v) is 4.26. The van der Waals surface area contributed by atoms with Crippen molar-refractivity contribution >= 4 is 23.5 Å². The highest BCUT2D eigenvalue weighted by Crippen LogP contribution is 2.33. The van der Waals surface area contributed by atoms with E-state index in [1.165, 1.54) is 9.80 Å². The lowest BCUT2D eigenvalue weighted by Gasteiger charge is -2.33. The van der Waals surface area contributed by atoms with Crippen molar-refractivity contribution in [2.45, 2.75) is 19.4 Å². The summed E-state index contributed by atoms with van der Waals surface area (Å²) in [5, 5.41) is 9.02. The standard InChI is InChI=1S/C16H18N2O5/c1-10-15(20)18(12-4-2-3-5-13(12)23-10)9-14(19)17-7-6-11(8-17)16(21)22/h2-5,10-11H,6-9H2,1H3,(H,21,22)/t10-,11-/m1/s1. The molecule has 2 amide bonds. The molecule has 2 heterocycles. The maximum atomic E-state index is 12.4. The van der Waals surface area contributed by atoms with E-state index in [-0.39, 0.29) is 24.9 Å². The highest BCUT2D eigenvalue weighted by molar-refractivity contribution is 6.03. The predicted octanol–water partition coefficient (Wildman–Crippen LogP) is 0.734. The number of hydrogen-bond donors (Lipinski definition) is 1. The molecule has 1 fully saturated rings. The first-order valence-electron chi connectivity index (χ1n) is 7.55. The molecular weight excluding hydrogens is 300 g/mol. The fourth-order valence-corrected chi connectivity index (χ4v) is 2.95. The lowest BCUT2D eigenvalue weighted by molar-refractivity contribution is -0.141. The molecule has 0 aromatic heterocycles. The molecule has 3 rings (SSSR count). The molecular formula is C16H18N2O5. The number of carboxylic acids is 1. The molecule has 122 valence electrons. The minimum Gasteiger partial charge on any atom is -0.481 e. The molecule has 1 aromatic rings. The van der Waals surface area contributed by atoms with Crippen LogP contribution in [0.25, 0.3) is 0 Å². The average molecular weight is 318 g/mol. The van der Waals surface area contributed by atoms with Crippen LogP contribution < -0.4 is 9.64 Å². The summed E-state index contributed by atoms with van der Waals surface area (Å²) in [5.74, 6) is -1.36. The van der Waals surface area contributed by atoms with E-state index in [1.807, 2.05) is 0 Å². The van der Waals surface area contributed by atoms with Crippen molar-refractivity contribution in [3.05, 3.63) is 24.3 Å². The van der Waals surface area contributed by atoms with Crippen molar-refractivity contribution in [1.82, 2.24) is 4.90 Å². The number of carbonyl (C=O) groups is 3. The fraction of sp³-hybridized carbons (Fsp3) is 0.438. The van der Waals surface area contributed by atoms with Crippen molar-refractivity contribution < 1.29 is 24.2 Å². The summed E-state index contributed by atoms with van der Waals surface area (Å²) in [6.45, 7) is 2.15. The van der Waals surface area contributed by atoms with Gasteiger partial charge < -0.3 is 14.7 Å². The molecule has 0 aliphatic carbocycles. The van der Waals surface area contributed by atoms with Crippen molar-refractivity contribution in [2.75, 3.05) is 24.5 Å². The monoisotopic (exact) mass is 318 g/mol. The van der Waals surface area contributed by atoms with Crippen LogP contribution in [0.2, 0.25) is 0 Å². The Balaban J connectivity index is 1.75. The maximum Gasteiger partial charge on any atom is 0.308 e. The molecule has 1 N–H and O–H groups in total. The Kier molecular flexibility index (Phi) is 3.94. The Morgan fingerprint density at radius 3 is 2.78 bits per heavy atom. The minimum absolute atomic E-state index is 0.101. The number of aliphatic carboxylic acids is 1. The van der Waals surface area contributed by atoms with Crippen LogP contribution >= 0.6 is 0 Å². The Morgan fingerprint density at radius 1 is 1.35 bits per heavy atom. The molecule has 0 saturated carbocycles. The summed E-state index contributed by atoms with van der Waals surface area (Å²) < 4.78 is 5.54.